The average molecular weight is 429 g/mol. The Hall–Kier alpha value is -3.26. The highest BCUT2D eigenvalue weighted by Crippen LogP contribution is 2.35. The molecule has 0 aliphatic carbocycles. The maximum absolute atomic E-state index is 13.0. The van der Waals surface area contributed by atoms with Gasteiger partial charge in [-0.3, -0.25) is 0 Å². The molecule has 1 atom stereocenters. The monoisotopic (exact) mass is 428 g/mol. The number of carbonyl (C=O) groups is 1. The fraction of sp³-hybridized carbons (Fsp3) is 0.286. The van der Waals surface area contributed by atoms with E-state index in [2.05, 4.69) is 15.5 Å². The third kappa shape index (κ3) is 3.91. The molecular formula is C21H21ClN4O4. The smallest absolute Gasteiger partial charge is 0.322 e. The fourth-order valence-electron chi connectivity index (χ4n) is 3.54. The summed E-state index contributed by atoms with van der Waals surface area (Å²) in [5.74, 6) is 1.99. The van der Waals surface area contributed by atoms with Crippen LogP contribution < -0.4 is 14.8 Å². The third-order valence-corrected chi connectivity index (χ3v) is 5.23. The number of likely N-dealkylation sites (tertiary alicyclic amines) is 1. The lowest BCUT2D eigenvalue weighted by Gasteiger charge is -2.23. The van der Waals surface area contributed by atoms with Crippen LogP contribution in [0.3, 0.4) is 0 Å². The van der Waals surface area contributed by atoms with Gasteiger partial charge in [-0.1, -0.05) is 28.9 Å². The molecule has 8 nitrogen and oxygen atoms in total. The largest absolute Gasteiger partial charge is 0.496 e. The van der Waals surface area contributed by atoms with Crippen molar-refractivity contribution in [2.45, 2.75) is 18.9 Å². The molecule has 0 spiro atoms. The second-order valence-corrected chi connectivity index (χ2v) is 7.22. The van der Waals surface area contributed by atoms with E-state index >= 15 is 0 Å². The number of ether oxygens (including phenoxy) is 2. The van der Waals surface area contributed by atoms with Crippen LogP contribution in [0.2, 0.25) is 5.02 Å². The highest BCUT2D eigenvalue weighted by atomic mass is 35.5. The van der Waals surface area contributed by atoms with Crippen LogP contribution in [0.5, 0.6) is 11.5 Å². The van der Waals surface area contributed by atoms with E-state index in [1.54, 1.807) is 30.2 Å². The topological polar surface area (TPSA) is 89.7 Å². The second-order valence-electron chi connectivity index (χ2n) is 6.78. The molecular weight excluding hydrogens is 408 g/mol. The minimum atomic E-state index is -0.314. The number of urea groups is 1. The quantitative estimate of drug-likeness (QED) is 0.629. The molecule has 1 saturated heterocycles. The van der Waals surface area contributed by atoms with Gasteiger partial charge < -0.3 is 24.2 Å². The van der Waals surface area contributed by atoms with Gasteiger partial charge in [0.05, 0.1) is 25.5 Å². The summed E-state index contributed by atoms with van der Waals surface area (Å²) in [6.45, 7) is 0.575. The Morgan fingerprint density at radius 3 is 2.80 bits per heavy atom. The summed E-state index contributed by atoms with van der Waals surface area (Å²) in [6, 6.07) is 11.9. The van der Waals surface area contributed by atoms with Crippen molar-refractivity contribution in [1.29, 1.82) is 0 Å². The SMILES string of the molecule is COc1ccc(Cl)cc1NC(=O)N1CCC[C@@H]1c1nc(-c2ccccc2OC)no1. The number of methoxy groups -OCH3 is 2. The normalized spacial score (nSPS) is 15.8. The van der Waals surface area contributed by atoms with Crippen molar-refractivity contribution in [3.8, 4) is 22.9 Å². The number of benzene rings is 2. The zero-order valence-corrected chi connectivity index (χ0v) is 17.3. The highest BCUT2D eigenvalue weighted by molar-refractivity contribution is 6.31. The number of carbonyl (C=O) groups excluding carboxylic acids is 1. The minimum Gasteiger partial charge on any atom is -0.496 e. The summed E-state index contributed by atoms with van der Waals surface area (Å²) in [5, 5.41) is 7.47. The molecule has 2 amide bonds. The zero-order chi connectivity index (χ0) is 21.1. The van der Waals surface area contributed by atoms with Crippen LogP contribution in [-0.2, 0) is 0 Å². The van der Waals surface area contributed by atoms with Gasteiger partial charge in [0.15, 0.2) is 0 Å². The highest BCUT2D eigenvalue weighted by Gasteiger charge is 2.34. The average Bonchev–Trinajstić information content (AvgIpc) is 3.43. The van der Waals surface area contributed by atoms with E-state index in [0.717, 1.165) is 18.4 Å². The number of aromatic nitrogens is 2. The molecule has 0 bridgehead atoms. The van der Waals surface area contributed by atoms with E-state index in [-0.39, 0.29) is 12.1 Å². The first kappa shape index (κ1) is 20.0. The Labute approximate surface area is 178 Å². The molecule has 9 heteroatoms. The standard InChI is InChI=1S/C21H21ClN4O4/c1-28-17-8-4-3-6-14(17)19-24-20(30-25-19)16-7-5-11-26(16)21(27)23-15-12-13(22)9-10-18(15)29-2/h3-4,6,8-10,12,16H,5,7,11H2,1-2H3,(H,23,27)/t16-/m1/s1. The van der Waals surface area contributed by atoms with Crippen LogP contribution in [0, 0.1) is 0 Å². The Balaban J connectivity index is 1.55. The van der Waals surface area contributed by atoms with Crippen molar-refractivity contribution in [2.75, 3.05) is 26.1 Å². The Kier molecular flexibility index (Phi) is 5.76. The molecule has 0 saturated carbocycles. The van der Waals surface area contributed by atoms with Gasteiger partial charge in [0, 0.05) is 11.6 Å². The molecule has 3 aromatic rings. The van der Waals surface area contributed by atoms with E-state index in [1.807, 2.05) is 24.3 Å². The van der Waals surface area contributed by atoms with Crippen molar-refractivity contribution in [3.05, 3.63) is 53.4 Å². The number of hydrogen-bond acceptors (Lipinski definition) is 6. The fourth-order valence-corrected chi connectivity index (χ4v) is 3.71. The van der Waals surface area contributed by atoms with Crippen LogP contribution in [-0.4, -0.2) is 41.8 Å². The summed E-state index contributed by atoms with van der Waals surface area (Å²) >= 11 is 6.06. The van der Waals surface area contributed by atoms with E-state index < -0.39 is 0 Å². The lowest BCUT2D eigenvalue weighted by atomic mass is 10.2. The molecule has 156 valence electrons. The number of nitrogens with zero attached hydrogens (tertiary/aromatic N) is 3. The van der Waals surface area contributed by atoms with Gasteiger partial charge in [0.25, 0.3) is 0 Å². The van der Waals surface area contributed by atoms with E-state index in [0.29, 0.717) is 40.5 Å². The molecule has 0 radical (unpaired) electrons. The van der Waals surface area contributed by atoms with Gasteiger partial charge in [-0.15, -0.1) is 0 Å². The molecule has 1 aliphatic heterocycles. The number of anilines is 1. The van der Waals surface area contributed by atoms with Crippen LogP contribution in [0.1, 0.15) is 24.8 Å². The number of rotatable bonds is 5. The van der Waals surface area contributed by atoms with Gasteiger partial charge in [-0.25, -0.2) is 4.79 Å². The lowest BCUT2D eigenvalue weighted by Crippen LogP contribution is -2.34. The number of halogens is 1. The summed E-state index contributed by atoms with van der Waals surface area (Å²) in [4.78, 5) is 19.2. The van der Waals surface area contributed by atoms with Crippen molar-refractivity contribution < 1.29 is 18.8 Å². The van der Waals surface area contributed by atoms with Crippen molar-refractivity contribution in [1.82, 2.24) is 15.0 Å². The van der Waals surface area contributed by atoms with Crippen molar-refractivity contribution in [3.63, 3.8) is 0 Å². The predicted molar refractivity (Wildman–Crippen MR) is 112 cm³/mol. The van der Waals surface area contributed by atoms with Crippen LogP contribution in [0.4, 0.5) is 10.5 Å². The number of amides is 2. The molecule has 0 unspecified atom stereocenters. The van der Waals surface area contributed by atoms with E-state index in [1.165, 1.54) is 7.11 Å². The summed E-state index contributed by atoms with van der Waals surface area (Å²) in [6.07, 6.45) is 1.56. The first-order valence-corrected chi connectivity index (χ1v) is 9.86. The van der Waals surface area contributed by atoms with Crippen LogP contribution >= 0.6 is 11.6 Å². The van der Waals surface area contributed by atoms with Crippen LogP contribution in [0.15, 0.2) is 47.0 Å². The predicted octanol–water partition coefficient (Wildman–Crippen LogP) is 4.78. The van der Waals surface area contributed by atoms with Crippen molar-refractivity contribution in [2.24, 2.45) is 0 Å². The van der Waals surface area contributed by atoms with Gasteiger partial charge in [0.1, 0.15) is 17.5 Å². The second kappa shape index (κ2) is 8.62. The molecule has 1 aromatic heterocycles. The molecule has 2 aromatic carbocycles. The molecule has 1 N–H and O–H groups in total. The minimum absolute atomic E-state index is 0.282. The van der Waals surface area contributed by atoms with E-state index in [9.17, 15) is 4.79 Å². The Morgan fingerprint density at radius 2 is 2.00 bits per heavy atom. The Morgan fingerprint density at radius 1 is 1.20 bits per heavy atom. The number of para-hydroxylation sites is 1. The van der Waals surface area contributed by atoms with E-state index in [4.69, 9.17) is 25.6 Å². The molecule has 1 aliphatic rings. The van der Waals surface area contributed by atoms with Gasteiger partial charge in [-0.05, 0) is 43.2 Å². The summed E-state index contributed by atoms with van der Waals surface area (Å²) < 4.78 is 16.2. The van der Waals surface area contributed by atoms with Gasteiger partial charge in [0.2, 0.25) is 11.7 Å². The first-order chi connectivity index (χ1) is 14.6. The first-order valence-electron chi connectivity index (χ1n) is 9.49. The maximum atomic E-state index is 13.0. The molecule has 4 rings (SSSR count). The van der Waals surface area contributed by atoms with Crippen LogP contribution in [0.25, 0.3) is 11.4 Å². The molecule has 1 fully saturated rings. The lowest BCUT2D eigenvalue weighted by molar-refractivity contribution is 0.193. The number of hydrogen-bond donors (Lipinski definition) is 1. The zero-order valence-electron chi connectivity index (χ0n) is 16.6. The number of nitrogens with one attached hydrogen (secondary N) is 1. The van der Waals surface area contributed by atoms with Gasteiger partial charge in [-0.2, -0.15) is 4.98 Å². The summed E-state index contributed by atoms with van der Waals surface area (Å²) in [5.41, 5.74) is 1.23. The van der Waals surface area contributed by atoms with Crippen molar-refractivity contribution >= 4 is 23.3 Å². The Bertz CT molecular complexity index is 1050. The molecule has 30 heavy (non-hydrogen) atoms. The third-order valence-electron chi connectivity index (χ3n) is 4.99. The summed E-state index contributed by atoms with van der Waals surface area (Å²) in [7, 11) is 3.13. The van der Waals surface area contributed by atoms with Gasteiger partial charge >= 0.3 is 6.03 Å². The molecule has 2 heterocycles. The maximum Gasteiger partial charge on any atom is 0.322 e.